The molecule has 0 amide bonds. The Morgan fingerprint density at radius 3 is 2.24 bits per heavy atom. The average molecular weight is 602 g/mol. The van der Waals surface area contributed by atoms with Crippen LogP contribution in [0.2, 0.25) is 0 Å². The number of rotatable bonds is 9. The summed E-state index contributed by atoms with van der Waals surface area (Å²) < 4.78 is 57.5. The lowest BCUT2D eigenvalue weighted by Gasteiger charge is -2.52. The summed E-state index contributed by atoms with van der Waals surface area (Å²) in [7, 11) is 0. The van der Waals surface area contributed by atoms with Crippen molar-refractivity contribution in [1.82, 2.24) is 0 Å². The van der Waals surface area contributed by atoms with Gasteiger partial charge in [0.15, 0.2) is 11.7 Å². The Bertz CT molecular complexity index is 1150. The zero-order valence-electron chi connectivity index (χ0n) is 22.6. The number of aliphatic carboxylic acids is 1. The molecule has 41 heavy (non-hydrogen) atoms. The van der Waals surface area contributed by atoms with Crippen LogP contribution in [0, 0.1) is 17.7 Å². The second-order valence-electron chi connectivity index (χ2n) is 11.1. The zero-order valence-corrected chi connectivity index (χ0v) is 23.4. The van der Waals surface area contributed by atoms with Crippen LogP contribution in [0.3, 0.4) is 0 Å². The van der Waals surface area contributed by atoms with Crippen LogP contribution in [0.15, 0.2) is 41.8 Å². The average Bonchev–Trinajstić information content (AvgIpc) is 3.68. The van der Waals surface area contributed by atoms with E-state index in [1.807, 2.05) is 17.5 Å². The van der Waals surface area contributed by atoms with Gasteiger partial charge in [0.2, 0.25) is 0 Å². The fourth-order valence-electron chi connectivity index (χ4n) is 6.32. The number of carboxylic acids is 1. The minimum absolute atomic E-state index is 0.0634. The van der Waals surface area contributed by atoms with Crippen molar-refractivity contribution in [3.8, 4) is 5.75 Å². The summed E-state index contributed by atoms with van der Waals surface area (Å²) in [6, 6.07) is 9.90. The number of hydrogen-bond donors (Lipinski definition) is 1. The van der Waals surface area contributed by atoms with E-state index >= 15 is 0 Å². The van der Waals surface area contributed by atoms with Gasteiger partial charge in [-0.25, -0.2) is 9.18 Å². The van der Waals surface area contributed by atoms with E-state index in [2.05, 4.69) is 0 Å². The molecule has 3 saturated heterocycles. The number of aliphatic hydroxyl groups is 1. The van der Waals surface area contributed by atoms with Crippen LogP contribution in [0.1, 0.15) is 49.8 Å². The topological polar surface area (TPSA) is 95.9 Å². The maximum absolute atomic E-state index is 13.5. The Morgan fingerprint density at radius 1 is 1.05 bits per heavy atom. The molecule has 1 N–H and O–H groups in total. The molecule has 1 saturated carbocycles. The molecule has 4 fully saturated rings. The summed E-state index contributed by atoms with van der Waals surface area (Å²) in [6.45, 7) is 4.58. The number of ether oxygens (including phenoxy) is 2. The molecule has 1 aliphatic carbocycles. The number of benzene rings is 1. The standard InChI is InChI=1S/C27H35FNO4S.C2HF3O2/c28-22-8-10-23(11-9-22)32-17-4-14-29-15-12-20(13-16-29)24(19-29)33-26(30)27(31,21-5-1-2-6-21)25-7-3-18-34-25;3-2(4,5)1(6)7/h3,7-11,18,20-21,24,31H,1-2,4-6,12-17,19H2;(H,6,7)/q+1;/p-1/t20?,24-,27-,29?;/m0./s1. The number of carbonyl (C=O) groups is 2. The van der Waals surface area contributed by atoms with Crippen LogP contribution in [-0.2, 0) is 19.9 Å². The highest BCUT2D eigenvalue weighted by Crippen LogP contribution is 2.44. The summed E-state index contributed by atoms with van der Waals surface area (Å²) in [5, 5.41) is 22.4. The summed E-state index contributed by atoms with van der Waals surface area (Å²) in [5.74, 6) is -2.71. The van der Waals surface area contributed by atoms with Crippen molar-refractivity contribution in [3.63, 3.8) is 0 Å². The lowest BCUT2D eigenvalue weighted by molar-refractivity contribution is -0.946. The highest BCUT2D eigenvalue weighted by molar-refractivity contribution is 7.10. The minimum atomic E-state index is -5.19. The minimum Gasteiger partial charge on any atom is -0.542 e. The van der Waals surface area contributed by atoms with E-state index < -0.39 is 23.7 Å². The number of piperidine rings is 3. The van der Waals surface area contributed by atoms with Crippen molar-refractivity contribution >= 4 is 23.3 Å². The first-order valence-corrected chi connectivity index (χ1v) is 14.8. The molecule has 6 rings (SSSR count). The van der Waals surface area contributed by atoms with Gasteiger partial charge in [0.25, 0.3) is 0 Å². The highest BCUT2D eigenvalue weighted by atomic mass is 32.1. The summed E-state index contributed by atoms with van der Waals surface area (Å²) in [4.78, 5) is 23.0. The van der Waals surface area contributed by atoms with Gasteiger partial charge in [-0.3, -0.25) is 0 Å². The molecule has 3 aliphatic heterocycles. The Kier molecular flexibility index (Phi) is 9.97. The van der Waals surface area contributed by atoms with E-state index in [1.165, 1.54) is 23.5 Å². The summed E-state index contributed by atoms with van der Waals surface area (Å²) >= 11 is 1.44. The number of nitrogens with zero attached hydrogens (tertiary/aromatic N) is 1. The first-order chi connectivity index (χ1) is 19.4. The lowest BCUT2D eigenvalue weighted by Crippen LogP contribution is -2.65. The van der Waals surface area contributed by atoms with E-state index in [-0.39, 0.29) is 17.8 Å². The number of halogens is 4. The van der Waals surface area contributed by atoms with Crippen LogP contribution < -0.4 is 9.84 Å². The molecule has 226 valence electrons. The number of hydrogen-bond acceptors (Lipinski definition) is 7. The smallest absolute Gasteiger partial charge is 0.430 e. The largest absolute Gasteiger partial charge is 0.542 e. The number of fused-ring (bicyclic) bond motifs is 3. The molecule has 4 heterocycles. The molecule has 0 unspecified atom stereocenters. The molecular weight excluding hydrogens is 566 g/mol. The van der Waals surface area contributed by atoms with Gasteiger partial charge >= 0.3 is 12.1 Å². The number of thiophene rings is 1. The number of quaternary nitrogens is 1. The second kappa shape index (κ2) is 13.1. The van der Waals surface area contributed by atoms with Crippen molar-refractivity contribution < 1.29 is 51.3 Å². The number of esters is 1. The van der Waals surface area contributed by atoms with E-state index in [0.717, 1.165) is 75.6 Å². The third-order valence-electron chi connectivity index (χ3n) is 8.54. The van der Waals surface area contributed by atoms with E-state index in [1.54, 1.807) is 12.1 Å². The van der Waals surface area contributed by atoms with Crippen LogP contribution in [0.5, 0.6) is 5.75 Å². The molecule has 7 nitrogen and oxygen atoms in total. The van der Waals surface area contributed by atoms with Gasteiger partial charge in [0.1, 0.15) is 24.1 Å². The molecule has 0 spiro atoms. The molecule has 2 bridgehead atoms. The van der Waals surface area contributed by atoms with Gasteiger partial charge < -0.3 is 29.0 Å². The molecular formula is C29H35F4NO6S. The van der Waals surface area contributed by atoms with Gasteiger partial charge in [-0.15, -0.1) is 11.3 Å². The number of alkyl halides is 3. The molecule has 1 aromatic heterocycles. The van der Waals surface area contributed by atoms with E-state index in [0.29, 0.717) is 23.2 Å². The molecule has 2 atom stereocenters. The van der Waals surface area contributed by atoms with Crippen molar-refractivity contribution in [2.45, 2.75) is 62.8 Å². The van der Waals surface area contributed by atoms with Gasteiger partial charge in [0, 0.05) is 36.0 Å². The normalized spacial score (nSPS) is 25.6. The van der Waals surface area contributed by atoms with Crippen molar-refractivity contribution in [3.05, 3.63) is 52.5 Å². The van der Waals surface area contributed by atoms with E-state index in [9.17, 15) is 27.5 Å². The van der Waals surface area contributed by atoms with Crippen LogP contribution in [0.4, 0.5) is 17.6 Å². The third kappa shape index (κ3) is 7.58. The number of carboxylic acid groups (broad SMARTS) is 1. The van der Waals surface area contributed by atoms with Gasteiger partial charge in [-0.2, -0.15) is 13.2 Å². The molecule has 0 radical (unpaired) electrons. The number of carbonyl (C=O) groups excluding carboxylic acids is 2. The Hall–Kier alpha value is -2.70. The van der Waals surface area contributed by atoms with Gasteiger partial charge in [0.05, 0.1) is 26.2 Å². The van der Waals surface area contributed by atoms with E-state index in [4.69, 9.17) is 19.4 Å². The molecule has 1 aromatic carbocycles. The maximum Gasteiger partial charge on any atom is 0.430 e. The SMILES string of the molecule is O=C(O[C@H]1C[N+]2(CCCOc3ccc(F)cc3)CCC1CC2)[C@@](O)(c1cccs1)C1CCCC1.O=C([O-])C(F)(F)F. The van der Waals surface area contributed by atoms with Gasteiger partial charge in [-0.05, 0) is 48.6 Å². The first kappa shape index (κ1) is 31.2. The Balaban J connectivity index is 0.000000493. The van der Waals surface area contributed by atoms with Crippen LogP contribution >= 0.6 is 11.3 Å². The van der Waals surface area contributed by atoms with Crippen LogP contribution in [-0.4, -0.2) is 66.6 Å². The summed E-state index contributed by atoms with van der Waals surface area (Å²) in [6.07, 6.45) is 1.51. The molecule has 12 heteroatoms. The fraction of sp³-hybridized carbons (Fsp3) is 0.586. The predicted octanol–water partition coefficient (Wildman–Crippen LogP) is 4.18. The quantitative estimate of drug-likeness (QED) is 0.201. The first-order valence-electron chi connectivity index (χ1n) is 13.9. The van der Waals surface area contributed by atoms with Crippen molar-refractivity contribution in [1.29, 1.82) is 0 Å². The monoisotopic (exact) mass is 601 g/mol. The molecule has 2 aromatic rings. The Morgan fingerprint density at radius 2 is 1.68 bits per heavy atom. The van der Waals surface area contributed by atoms with Crippen molar-refractivity contribution in [2.24, 2.45) is 11.8 Å². The van der Waals surface area contributed by atoms with Crippen molar-refractivity contribution in [2.75, 3.05) is 32.8 Å². The lowest BCUT2D eigenvalue weighted by atomic mass is 9.82. The Labute approximate surface area is 240 Å². The van der Waals surface area contributed by atoms with Crippen LogP contribution in [0.25, 0.3) is 0 Å². The molecule has 4 aliphatic rings. The fourth-order valence-corrected chi connectivity index (χ4v) is 7.22. The van der Waals surface area contributed by atoms with Gasteiger partial charge in [-0.1, -0.05) is 18.9 Å². The summed E-state index contributed by atoms with van der Waals surface area (Å²) in [5.41, 5.74) is -1.52. The zero-order chi connectivity index (χ0) is 29.7. The predicted molar refractivity (Wildman–Crippen MR) is 140 cm³/mol. The second-order valence-corrected chi connectivity index (χ2v) is 12.1. The maximum atomic E-state index is 13.5. The third-order valence-corrected chi connectivity index (χ3v) is 9.54. The highest BCUT2D eigenvalue weighted by Gasteiger charge is 2.53.